The van der Waals surface area contributed by atoms with Crippen molar-refractivity contribution in [2.75, 3.05) is 19.7 Å². The summed E-state index contributed by atoms with van der Waals surface area (Å²) in [7, 11) is 0. The highest BCUT2D eigenvalue weighted by molar-refractivity contribution is 4.64. The zero-order chi connectivity index (χ0) is 11.0. The molecule has 0 aromatic heterocycles. The summed E-state index contributed by atoms with van der Waals surface area (Å²) >= 11 is 0. The summed E-state index contributed by atoms with van der Waals surface area (Å²) in [6.07, 6.45) is 2.75. The fraction of sp³-hybridized carbons (Fsp3) is 1.00. The van der Waals surface area contributed by atoms with Gasteiger partial charge in [-0.2, -0.15) is 0 Å². The first kappa shape index (κ1) is 13.9. The summed E-state index contributed by atoms with van der Waals surface area (Å²) in [4.78, 5) is 0. The molecule has 0 radical (unpaired) electrons. The van der Waals surface area contributed by atoms with Gasteiger partial charge in [0.15, 0.2) is 0 Å². The van der Waals surface area contributed by atoms with Crippen molar-refractivity contribution in [3.8, 4) is 0 Å². The van der Waals surface area contributed by atoms with Gasteiger partial charge in [-0.1, -0.05) is 20.8 Å². The molecule has 2 heteroatoms. The normalized spacial score (nSPS) is 12.4. The van der Waals surface area contributed by atoms with Gasteiger partial charge in [0.1, 0.15) is 0 Å². The lowest BCUT2D eigenvalue weighted by Gasteiger charge is -2.18. The molecular weight excluding hydrogens is 174 g/mol. The van der Waals surface area contributed by atoms with E-state index < -0.39 is 0 Å². The van der Waals surface area contributed by atoms with Crippen molar-refractivity contribution in [2.24, 2.45) is 5.41 Å². The van der Waals surface area contributed by atoms with Crippen molar-refractivity contribution in [3.05, 3.63) is 0 Å². The van der Waals surface area contributed by atoms with E-state index in [9.17, 15) is 0 Å². The van der Waals surface area contributed by atoms with Crippen LogP contribution in [-0.2, 0) is 4.74 Å². The topological polar surface area (TPSA) is 21.3 Å². The Morgan fingerprint density at radius 1 is 1.14 bits per heavy atom. The average Bonchev–Trinajstić information content (AvgIpc) is 2.00. The van der Waals surface area contributed by atoms with Crippen molar-refractivity contribution in [3.63, 3.8) is 0 Å². The van der Waals surface area contributed by atoms with Crippen LogP contribution in [0.5, 0.6) is 0 Å². The van der Waals surface area contributed by atoms with Crippen LogP contribution in [0.3, 0.4) is 0 Å². The highest BCUT2D eigenvalue weighted by Crippen LogP contribution is 2.09. The van der Waals surface area contributed by atoms with Crippen LogP contribution in [0.2, 0.25) is 0 Å². The summed E-state index contributed by atoms with van der Waals surface area (Å²) in [6.45, 7) is 14.0. The van der Waals surface area contributed by atoms with Crippen molar-refractivity contribution in [2.45, 2.75) is 53.6 Å². The minimum Gasteiger partial charge on any atom is -0.379 e. The van der Waals surface area contributed by atoms with Crippen LogP contribution < -0.4 is 5.32 Å². The zero-order valence-electron chi connectivity index (χ0n) is 10.5. The second-order valence-electron chi connectivity index (χ2n) is 5.36. The Balaban J connectivity index is 3.07. The van der Waals surface area contributed by atoms with E-state index in [0.717, 1.165) is 26.1 Å². The number of hydrogen-bond donors (Lipinski definition) is 1. The maximum Gasteiger partial charge on any atom is 0.0518 e. The lowest BCUT2D eigenvalue weighted by molar-refractivity contribution is 0.0760. The highest BCUT2D eigenvalue weighted by Gasteiger charge is 2.07. The molecular formula is C12H27NO. The SMILES string of the molecule is CC(C)OCCCCNCC(C)(C)C. The molecule has 0 saturated heterocycles. The molecule has 0 aliphatic heterocycles. The maximum absolute atomic E-state index is 5.46. The minimum absolute atomic E-state index is 0.373. The third-order valence-corrected chi connectivity index (χ3v) is 1.85. The van der Waals surface area contributed by atoms with E-state index in [2.05, 4.69) is 39.9 Å². The monoisotopic (exact) mass is 201 g/mol. The van der Waals surface area contributed by atoms with E-state index in [1.165, 1.54) is 6.42 Å². The number of unbranched alkanes of at least 4 members (excludes halogenated alkanes) is 1. The van der Waals surface area contributed by atoms with E-state index in [1.54, 1.807) is 0 Å². The van der Waals surface area contributed by atoms with Gasteiger partial charge in [0.2, 0.25) is 0 Å². The van der Waals surface area contributed by atoms with Crippen LogP contribution in [0.15, 0.2) is 0 Å². The highest BCUT2D eigenvalue weighted by atomic mass is 16.5. The van der Waals surface area contributed by atoms with E-state index in [1.807, 2.05) is 0 Å². The smallest absolute Gasteiger partial charge is 0.0518 e. The van der Waals surface area contributed by atoms with E-state index in [4.69, 9.17) is 4.74 Å². The van der Waals surface area contributed by atoms with Crippen LogP contribution in [0.25, 0.3) is 0 Å². The van der Waals surface area contributed by atoms with Crippen LogP contribution >= 0.6 is 0 Å². The molecule has 0 bridgehead atoms. The van der Waals surface area contributed by atoms with Gasteiger partial charge in [0, 0.05) is 6.61 Å². The van der Waals surface area contributed by atoms with E-state index in [0.29, 0.717) is 11.5 Å². The summed E-state index contributed by atoms with van der Waals surface area (Å²) in [5.74, 6) is 0. The van der Waals surface area contributed by atoms with Gasteiger partial charge in [0.05, 0.1) is 6.10 Å². The van der Waals surface area contributed by atoms with E-state index >= 15 is 0 Å². The zero-order valence-corrected chi connectivity index (χ0v) is 10.5. The predicted octanol–water partition coefficient (Wildman–Crippen LogP) is 2.83. The second kappa shape index (κ2) is 7.24. The average molecular weight is 201 g/mol. The van der Waals surface area contributed by atoms with Crippen LogP contribution in [0.4, 0.5) is 0 Å². The van der Waals surface area contributed by atoms with Gasteiger partial charge in [-0.3, -0.25) is 0 Å². The molecule has 0 unspecified atom stereocenters. The molecule has 0 saturated carbocycles. The Hall–Kier alpha value is -0.0800. The summed E-state index contributed by atoms with van der Waals surface area (Å²) < 4.78 is 5.46. The third-order valence-electron chi connectivity index (χ3n) is 1.85. The molecule has 0 aliphatic rings. The molecule has 0 atom stereocenters. The third kappa shape index (κ3) is 11.9. The van der Waals surface area contributed by atoms with Crippen molar-refractivity contribution < 1.29 is 4.74 Å². The Morgan fingerprint density at radius 3 is 2.29 bits per heavy atom. The first-order valence-corrected chi connectivity index (χ1v) is 5.74. The van der Waals surface area contributed by atoms with Crippen molar-refractivity contribution >= 4 is 0 Å². The molecule has 0 rings (SSSR count). The molecule has 14 heavy (non-hydrogen) atoms. The van der Waals surface area contributed by atoms with Gasteiger partial charge in [-0.05, 0) is 45.2 Å². The molecule has 0 aromatic carbocycles. The molecule has 0 heterocycles. The van der Waals surface area contributed by atoms with Gasteiger partial charge in [-0.15, -0.1) is 0 Å². The molecule has 1 N–H and O–H groups in total. The molecule has 0 aromatic rings. The molecule has 0 amide bonds. The first-order chi connectivity index (χ1) is 6.42. The summed E-state index contributed by atoms with van der Waals surface area (Å²) in [5, 5.41) is 3.46. The van der Waals surface area contributed by atoms with Crippen LogP contribution in [-0.4, -0.2) is 25.8 Å². The largest absolute Gasteiger partial charge is 0.379 e. The Morgan fingerprint density at radius 2 is 1.79 bits per heavy atom. The lowest BCUT2D eigenvalue weighted by Crippen LogP contribution is -2.27. The molecule has 2 nitrogen and oxygen atoms in total. The van der Waals surface area contributed by atoms with Crippen molar-refractivity contribution in [1.29, 1.82) is 0 Å². The van der Waals surface area contributed by atoms with E-state index in [-0.39, 0.29) is 0 Å². The van der Waals surface area contributed by atoms with Gasteiger partial charge < -0.3 is 10.1 Å². The Bertz CT molecular complexity index is 127. The lowest BCUT2D eigenvalue weighted by atomic mass is 9.97. The van der Waals surface area contributed by atoms with Gasteiger partial charge in [-0.25, -0.2) is 0 Å². The number of nitrogens with one attached hydrogen (secondary N) is 1. The molecule has 0 fully saturated rings. The number of rotatable bonds is 7. The Labute approximate surface area is 89.4 Å². The Kier molecular flexibility index (Phi) is 7.20. The first-order valence-electron chi connectivity index (χ1n) is 5.74. The predicted molar refractivity (Wildman–Crippen MR) is 62.6 cm³/mol. The number of ether oxygens (including phenoxy) is 1. The maximum atomic E-state index is 5.46. The van der Waals surface area contributed by atoms with Gasteiger partial charge in [0.25, 0.3) is 0 Å². The molecule has 0 spiro atoms. The number of hydrogen-bond acceptors (Lipinski definition) is 2. The quantitative estimate of drug-likeness (QED) is 0.640. The fourth-order valence-corrected chi connectivity index (χ4v) is 1.13. The van der Waals surface area contributed by atoms with Crippen molar-refractivity contribution in [1.82, 2.24) is 5.32 Å². The molecule has 0 aliphatic carbocycles. The standard InChI is InChI=1S/C12H27NO/c1-11(2)14-9-7-6-8-13-10-12(3,4)5/h11,13H,6-10H2,1-5H3. The fourth-order valence-electron chi connectivity index (χ4n) is 1.13. The second-order valence-corrected chi connectivity index (χ2v) is 5.36. The summed E-state index contributed by atoms with van der Waals surface area (Å²) in [6, 6.07) is 0. The minimum atomic E-state index is 0.373. The van der Waals surface area contributed by atoms with Crippen LogP contribution in [0.1, 0.15) is 47.5 Å². The molecule has 86 valence electrons. The van der Waals surface area contributed by atoms with Crippen LogP contribution in [0, 0.1) is 5.41 Å². The van der Waals surface area contributed by atoms with Gasteiger partial charge >= 0.3 is 0 Å². The summed E-state index contributed by atoms with van der Waals surface area (Å²) in [5.41, 5.74) is 0.397.